The molecule has 0 aliphatic heterocycles. The number of carbonyl (C=O) groups excluding carboxylic acids is 1. The molecule has 0 aliphatic carbocycles. The Hall–Kier alpha value is -2.34. The Labute approximate surface area is 99.2 Å². The van der Waals surface area contributed by atoms with Gasteiger partial charge in [-0.2, -0.15) is 5.26 Å². The van der Waals surface area contributed by atoms with E-state index in [1.54, 1.807) is 6.07 Å². The normalized spacial score (nSPS) is 9.82. The van der Waals surface area contributed by atoms with Gasteiger partial charge in [0.1, 0.15) is 13.0 Å². The Morgan fingerprint density at radius 1 is 1.18 bits per heavy atom. The average molecular weight is 225 g/mol. The van der Waals surface area contributed by atoms with Gasteiger partial charge in [-0.05, 0) is 16.3 Å². The van der Waals surface area contributed by atoms with Crippen LogP contribution < -0.4 is 0 Å². The van der Waals surface area contributed by atoms with E-state index in [-0.39, 0.29) is 13.0 Å². The van der Waals surface area contributed by atoms with Crippen LogP contribution in [0, 0.1) is 11.3 Å². The molecule has 0 radical (unpaired) electrons. The van der Waals surface area contributed by atoms with Gasteiger partial charge in [-0.15, -0.1) is 0 Å². The summed E-state index contributed by atoms with van der Waals surface area (Å²) in [5.74, 6) is -0.486. The molecule has 0 bridgehead atoms. The molecule has 0 fully saturated rings. The van der Waals surface area contributed by atoms with E-state index >= 15 is 0 Å². The van der Waals surface area contributed by atoms with Crippen LogP contribution in [0.1, 0.15) is 12.0 Å². The zero-order valence-corrected chi connectivity index (χ0v) is 9.22. The maximum Gasteiger partial charge on any atom is 0.320 e. The number of carbonyl (C=O) groups is 1. The highest BCUT2D eigenvalue weighted by Crippen LogP contribution is 2.19. The van der Waals surface area contributed by atoms with Crippen molar-refractivity contribution in [1.82, 2.24) is 0 Å². The van der Waals surface area contributed by atoms with Crippen molar-refractivity contribution in [3.63, 3.8) is 0 Å². The fraction of sp³-hybridized carbons (Fsp3) is 0.143. The second kappa shape index (κ2) is 5.13. The Balaban J connectivity index is 2.19. The van der Waals surface area contributed by atoms with Crippen molar-refractivity contribution in [1.29, 1.82) is 5.26 Å². The summed E-state index contributed by atoms with van der Waals surface area (Å²) in [5.41, 5.74) is 0.953. The van der Waals surface area contributed by atoms with Crippen molar-refractivity contribution in [2.45, 2.75) is 13.0 Å². The summed E-state index contributed by atoms with van der Waals surface area (Å²) in [6.07, 6.45) is -0.204. The first-order chi connectivity index (χ1) is 8.31. The molecular formula is C14H11NO2. The van der Waals surface area contributed by atoms with E-state index < -0.39 is 5.97 Å². The van der Waals surface area contributed by atoms with Crippen molar-refractivity contribution in [3.05, 3.63) is 48.0 Å². The molecule has 0 heterocycles. The number of nitriles is 1. The molecule has 0 amide bonds. The molecule has 2 aromatic carbocycles. The fourth-order valence-electron chi connectivity index (χ4n) is 1.69. The monoisotopic (exact) mass is 225 g/mol. The van der Waals surface area contributed by atoms with E-state index in [4.69, 9.17) is 10.00 Å². The molecule has 0 aromatic heterocycles. The van der Waals surface area contributed by atoms with Crippen molar-refractivity contribution < 1.29 is 9.53 Å². The van der Waals surface area contributed by atoms with Gasteiger partial charge in [-0.25, -0.2) is 0 Å². The Bertz CT molecular complexity index is 579. The van der Waals surface area contributed by atoms with Crippen molar-refractivity contribution in [3.8, 4) is 6.07 Å². The molecule has 2 aromatic rings. The largest absolute Gasteiger partial charge is 0.460 e. The minimum Gasteiger partial charge on any atom is -0.460 e. The van der Waals surface area contributed by atoms with Gasteiger partial charge in [0.2, 0.25) is 0 Å². The van der Waals surface area contributed by atoms with E-state index in [1.165, 1.54) is 0 Å². The number of ether oxygens (including phenoxy) is 1. The topological polar surface area (TPSA) is 50.1 Å². The Kier molecular flexibility index (Phi) is 3.37. The van der Waals surface area contributed by atoms with Crippen molar-refractivity contribution in [2.24, 2.45) is 0 Å². The van der Waals surface area contributed by atoms with E-state index in [0.29, 0.717) is 0 Å². The molecule has 0 N–H and O–H groups in total. The molecule has 17 heavy (non-hydrogen) atoms. The lowest BCUT2D eigenvalue weighted by molar-refractivity contribution is -0.143. The highest BCUT2D eigenvalue weighted by Gasteiger charge is 2.04. The number of rotatable bonds is 3. The van der Waals surface area contributed by atoms with Gasteiger partial charge < -0.3 is 4.74 Å². The molecule has 0 spiro atoms. The maximum absolute atomic E-state index is 11.1. The summed E-state index contributed by atoms with van der Waals surface area (Å²) in [4.78, 5) is 11.1. The molecule has 3 heteroatoms. The Morgan fingerprint density at radius 3 is 2.76 bits per heavy atom. The lowest BCUT2D eigenvalue weighted by atomic mass is 10.1. The second-order valence-corrected chi connectivity index (χ2v) is 3.63. The summed E-state index contributed by atoms with van der Waals surface area (Å²) >= 11 is 0. The van der Waals surface area contributed by atoms with Crippen LogP contribution in [0.5, 0.6) is 0 Å². The zero-order chi connectivity index (χ0) is 12.1. The maximum atomic E-state index is 11.1. The first-order valence-corrected chi connectivity index (χ1v) is 5.30. The Morgan fingerprint density at radius 2 is 1.94 bits per heavy atom. The number of nitrogens with zero attached hydrogens (tertiary/aromatic N) is 1. The average Bonchev–Trinajstić information content (AvgIpc) is 2.36. The third-order valence-corrected chi connectivity index (χ3v) is 2.49. The molecule has 0 atom stereocenters. The van der Waals surface area contributed by atoms with Gasteiger partial charge in [0, 0.05) is 0 Å². The zero-order valence-electron chi connectivity index (χ0n) is 9.22. The number of hydrogen-bond donors (Lipinski definition) is 0. The first kappa shape index (κ1) is 11.2. The summed E-state index contributed by atoms with van der Waals surface area (Å²) in [6, 6.07) is 15.5. The van der Waals surface area contributed by atoms with Crippen LogP contribution >= 0.6 is 0 Å². The van der Waals surface area contributed by atoms with E-state index in [9.17, 15) is 4.79 Å². The SMILES string of the molecule is N#CCC(=O)OCc1cccc2ccccc12. The quantitative estimate of drug-likeness (QED) is 0.755. The second-order valence-electron chi connectivity index (χ2n) is 3.63. The van der Waals surface area contributed by atoms with Crippen LogP contribution in [-0.4, -0.2) is 5.97 Å². The lowest BCUT2D eigenvalue weighted by Gasteiger charge is -2.06. The predicted octanol–water partition coefficient (Wildman–Crippen LogP) is 2.80. The molecule has 2 rings (SSSR count). The molecule has 0 saturated carbocycles. The van der Waals surface area contributed by atoms with Crippen LogP contribution in [0.25, 0.3) is 10.8 Å². The van der Waals surface area contributed by atoms with Gasteiger partial charge in [-0.1, -0.05) is 42.5 Å². The molecule has 0 saturated heterocycles. The fourth-order valence-corrected chi connectivity index (χ4v) is 1.69. The standard InChI is InChI=1S/C14H11NO2/c15-9-8-14(16)17-10-12-6-3-5-11-4-1-2-7-13(11)12/h1-7H,8,10H2. The summed E-state index contributed by atoms with van der Waals surface area (Å²) < 4.78 is 5.02. The number of hydrogen-bond acceptors (Lipinski definition) is 3. The smallest absolute Gasteiger partial charge is 0.320 e. The minimum atomic E-state index is -0.486. The first-order valence-electron chi connectivity index (χ1n) is 5.30. The van der Waals surface area contributed by atoms with E-state index in [1.807, 2.05) is 42.5 Å². The summed E-state index contributed by atoms with van der Waals surface area (Å²) in [6.45, 7) is 0.210. The predicted molar refractivity (Wildman–Crippen MR) is 64.0 cm³/mol. The highest BCUT2D eigenvalue weighted by molar-refractivity contribution is 5.85. The van der Waals surface area contributed by atoms with Crippen molar-refractivity contribution in [2.75, 3.05) is 0 Å². The van der Waals surface area contributed by atoms with Gasteiger partial charge in [0.15, 0.2) is 0 Å². The van der Waals surface area contributed by atoms with E-state index in [0.717, 1.165) is 16.3 Å². The number of fused-ring (bicyclic) bond motifs is 1. The molecule has 0 unspecified atom stereocenters. The van der Waals surface area contributed by atoms with Gasteiger partial charge >= 0.3 is 5.97 Å². The molecule has 84 valence electrons. The summed E-state index contributed by atoms with van der Waals surface area (Å²) in [7, 11) is 0. The molecular weight excluding hydrogens is 214 g/mol. The lowest BCUT2D eigenvalue weighted by Crippen LogP contribution is -2.03. The number of esters is 1. The van der Waals surface area contributed by atoms with Crippen LogP contribution in [0.15, 0.2) is 42.5 Å². The van der Waals surface area contributed by atoms with Crippen LogP contribution in [-0.2, 0) is 16.1 Å². The van der Waals surface area contributed by atoms with Crippen LogP contribution in [0.3, 0.4) is 0 Å². The van der Waals surface area contributed by atoms with Gasteiger partial charge in [0.25, 0.3) is 0 Å². The summed E-state index contributed by atoms with van der Waals surface area (Å²) in [5, 5.41) is 10.5. The molecule has 0 aliphatic rings. The van der Waals surface area contributed by atoms with Crippen LogP contribution in [0.4, 0.5) is 0 Å². The third kappa shape index (κ3) is 2.61. The van der Waals surface area contributed by atoms with Crippen molar-refractivity contribution >= 4 is 16.7 Å². The van der Waals surface area contributed by atoms with Gasteiger partial charge in [0.05, 0.1) is 6.07 Å². The number of benzene rings is 2. The molecule has 3 nitrogen and oxygen atoms in total. The minimum absolute atomic E-state index is 0.204. The van der Waals surface area contributed by atoms with Crippen LogP contribution in [0.2, 0.25) is 0 Å². The van der Waals surface area contributed by atoms with Gasteiger partial charge in [-0.3, -0.25) is 4.79 Å². The third-order valence-electron chi connectivity index (χ3n) is 2.49. The highest BCUT2D eigenvalue weighted by atomic mass is 16.5. The van der Waals surface area contributed by atoms with E-state index in [2.05, 4.69) is 0 Å².